The predicted molar refractivity (Wildman–Crippen MR) is 67.9 cm³/mol. The Morgan fingerprint density at radius 2 is 2.07 bits per heavy atom. The molecule has 1 aromatic heterocycles. The summed E-state index contributed by atoms with van der Waals surface area (Å²) in [5.41, 5.74) is 6.67. The fourth-order valence-corrected chi connectivity index (χ4v) is 1.88. The van der Waals surface area contributed by atoms with Gasteiger partial charge in [-0.25, -0.2) is 0 Å². The fraction of sp³-hybridized carbons (Fsp3) is 0.273. The fourth-order valence-electron chi connectivity index (χ4n) is 1.64. The van der Waals surface area contributed by atoms with Crippen LogP contribution in [0, 0.1) is 0 Å². The molecule has 0 radical (unpaired) electrons. The summed E-state index contributed by atoms with van der Waals surface area (Å²) in [5, 5.41) is 1.93. The third-order valence-electron chi connectivity index (χ3n) is 2.36. The Morgan fingerprint density at radius 1 is 1.27 bits per heavy atom. The van der Waals surface area contributed by atoms with E-state index in [2.05, 4.69) is 16.8 Å². The second-order valence-corrected chi connectivity index (χ2v) is 3.73. The summed E-state index contributed by atoms with van der Waals surface area (Å²) in [6, 6.07) is 8.02. The SMILES string of the molecule is Cl.NCCCn1ccc2c(Cl)cccc21. The third-order valence-corrected chi connectivity index (χ3v) is 2.69. The lowest BCUT2D eigenvalue weighted by Crippen LogP contribution is -2.04. The van der Waals surface area contributed by atoms with E-state index in [1.807, 2.05) is 18.2 Å². The summed E-state index contributed by atoms with van der Waals surface area (Å²) in [4.78, 5) is 0. The largest absolute Gasteiger partial charge is 0.347 e. The van der Waals surface area contributed by atoms with Crippen molar-refractivity contribution >= 4 is 34.9 Å². The minimum absolute atomic E-state index is 0. The van der Waals surface area contributed by atoms with Crippen LogP contribution in [0.25, 0.3) is 10.9 Å². The zero-order valence-electron chi connectivity index (χ0n) is 8.32. The molecule has 0 aliphatic carbocycles. The average Bonchev–Trinajstić information content (AvgIpc) is 2.60. The highest BCUT2D eigenvalue weighted by Crippen LogP contribution is 2.24. The van der Waals surface area contributed by atoms with E-state index in [1.54, 1.807) is 0 Å². The number of hydrogen-bond donors (Lipinski definition) is 1. The monoisotopic (exact) mass is 244 g/mol. The minimum atomic E-state index is 0. The van der Waals surface area contributed by atoms with Crippen molar-refractivity contribution in [1.82, 2.24) is 4.57 Å². The molecule has 15 heavy (non-hydrogen) atoms. The first-order chi connectivity index (χ1) is 6.83. The Labute approximate surface area is 100 Å². The Morgan fingerprint density at radius 3 is 2.80 bits per heavy atom. The predicted octanol–water partition coefficient (Wildman–Crippen LogP) is 3.07. The molecule has 0 saturated carbocycles. The van der Waals surface area contributed by atoms with Gasteiger partial charge in [-0.15, -0.1) is 12.4 Å². The van der Waals surface area contributed by atoms with E-state index < -0.39 is 0 Å². The van der Waals surface area contributed by atoms with Crippen molar-refractivity contribution < 1.29 is 0 Å². The Hall–Kier alpha value is -0.700. The highest BCUT2D eigenvalue weighted by molar-refractivity contribution is 6.35. The molecule has 0 bridgehead atoms. The van der Waals surface area contributed by atoms with Gasteiger partial charge in [0.1, 0.15) is 0 Å². The number of halogens is 2. The zero-order chi connectivity index (χ0) is 9.97. The van der Waals surface area contributed by atoms with Gasteiger partial charge in [0.05, 0.1) is 0 Å². The van der Waals surface area contributed by atoms with Crippen molar-refractivity contribution in [2.45, 2.75) is 13.0 Å². The van der Waals surface area contributed by atoms with Gasteiger partial charge in [0.25, 0.3) is 0 Å². The summed E-state index contributed by atoms with van der Waals surface area (Å²) in [6.07, 6.45) is 3.06. The molecular formula is C11H14Cl2N2. The minimum Gasteiger partial charge on any atom is -0.347 e. The van der Waals surface area contributed by atoms with Gasteiger partial charge in [-0.05, 0) is 31.2 Å². The molecule has 0 amide bonds. The third kappa shape index (κ3) is 2.46. The van der Waals surface area contributed by atoms with Crippen LogP contribution in [0.2, 0.25) is 5.02 Å². The molecule has 0 saturated heterocycles. The van der Waals surface area contributed by atoms with Crippen LogP contribution in [0.3, 0.4) is 0 Å². The molecule has 2 aromatic rings. The normalized spacial score (nSPS) is 10.3. The van der Waals surface area contributed by atoms with Gasteiger partial charge < -0.3 is 10.3 Å². The van der Waals surface area contributed by atoms with Crippen LogP contribution in [-0.4, -0.2) is 11.1 Å². The molecule has 82 valence electrons. The lowest BCUT2D eigenvalue weighted by molar-refractivity contribution is 0.671. The van der Waals surface area contributed by atoms with Crippen molar-refractivity contribution in [2.24, 2.45) is 5.73 Å². The molecule has 0 aliphatic heterocycles. The van der Waals surface area contributed by atoms with Crippen molar-refractivity contribution in [1.29, 1.82) is 0 Å². The van der Waals surface area contributed by atoms with Crippen molar-refractivity contribution in [3.63, 3.8) is 0 Å². The maximum Gasteiger partial charge on any atom is 0.0499 e. The maximum atomic E-state index is 6.07. The van der Waals surface area contributed by atoms with Gasteiger partial charge in [-0.3, -0.25) is 0 Å². The van der Waals surface area contributed by atoms with Crippen LogP contribution in [0.4, 0.5) is 0 Å². The molecule has 0 atom stereocenters. The standard InChI is InChI=1S/C11H13ClN2.ClH/c12-10-3-1-4-11-9(10)5-8-14(11)7-2-6-13;/h1,3-5,8H,2,6-7,13H2;1H. The van der Waals surface area contributed by atoms with Crippen LogP contribution in [0.15, 0.2) is 30.5 Å². The van der Waals surface area contributed by atoms with E-state index in [0.717, 1.165) is 29.9 Å². The van der Waals surface area contributed by atoms with Crippen molar-refractivity contribution in [2.75, 3.05) is 6.54 Å². The van der Waals surface area contributed by atoms with Gasteiger partial charge in [0, 0.05) is 28.7 Å². The van der Waals surface area contributed by atoms with E-state index in [4.69, 9.17) is 17.3 Å². The zero-order valence-corrected chi connectivity index (χ0v) is 9.89. The van der Waals surface area contributed by atoms with Gasteiger partial charge in [0.2, 0.25) is 0 Å². The lowest BCUT2D eigenvalue weighted by Gasteiger charge is -2.03. The maximum absolute atomic E-state index is 6.07. The van der Waals surface area contributed by atoms with Gasteiger partial charge in [0.15, 0.2) is 0 Å². The molecule has 0 spiro atoms. The Balaban J connectivity index is 0.00000112. The van der Waals surface area contributed by atoms with Gasteiger partial charge >= 0.3 is 0 Å². The highest BCUT2D eigenvalue weighted by Gasteiger charge is 2.02. The average molecular weight is 245 g/mol. The van der Waals surface area contributed by atoms with E-state index >= 15 is 0 Å². The lowest BCUT2D eigenvalue weighted by atomic mass is 10.2. The van der Waals surface area contributed by atoms with Gasteiger partial charge in [-0.2, -0.15) is 0 Å². The number of nitrogens with two attached hydrogens (primary N) is 1. The first kappa shape index (κ1) is 12.4. The van der Waals surface area contributed by atoms with Gasteiger partial charge in [-0.1, -0.05) is 17.7 Å². The smallest absolute Gasteiger partial charge is 0.0499 e. The van der Waals surface area contributed by atoms with Crippen molar-refractivity contribution in [3.8, 4) is 0 Å². The summed E-state index contributed by atoms with van der Waals surface area (Å²) in [7, 11) is 0. The Bertz CT molecular complexity index is 437. The number of aromatic nitrogens is 1. The van der Waals surface area contributed by atoms with Crippen LogP contribution in [0.5, 0.6) is 0 Å². The van der Waals surface area contributed by atoms with Crippen LogP contribution in [0.1, 0.15) is 6.42 Å². The second kappa shape index (κ2) is 5.40. The number of nitrogens with zero attached hydrogens (tertiary/aromatic N) is 1. The summed E-state index contributed by atoms with van der Waals surface area (Å²) in [6.45, 7) is 1.68. The van der Waals surface area contributed by atoms with E-state index in [9.17, 15) is 0 Å². The molecule has 0 fully saturated rings. The number of aryl methyl sites for hydroxylation is 1. The molecular weight excluding hydrogens is 231 g/mol. The summed E-state index contributed by atoms with van der Waals surface area (Å²) >= 11 is 6.07. The van der Waals surface area contributed by atoms with Crippen LogP contribution < -0.4 is 5.73 Å². The molecule has 4 heteroatoms. The first-order valence-corrected chi connectivity index (χ1v) is 5.14. The molecule has 0 unspecified atom stereocenters. The van der Waals surface area contributed by atoms with Crippen molar-refractivity contribution in [3.05, 3.63) is 35.5 Å². The second-order valence-electron chi connectivity index (χ2n) is 3.32. The number of benzene rings is 1. The van der Waals surface area contributed by atoms with E-state index in [-0.39, 0.29) is 12.4 Å². The molecule has 1 aromatic carbocycles. The molecule has 1 heterocycles. The van der Waals surface area contributed by atoms with E-state index in [0.29, 0.717) is 0 Å². The Kier molecular flexibility index (Phi) is 4.45. The molecule has 2 nitrogen and oxygen atoms in total. The quantitative estimate of drug-likeness (QED) is 0.885. The van der Waals surface area contributed by atoms with Crippen LogP contribution >= 0.6 is 24.0 Å². The molecule has 2 rings (SSSR count). The summed E-state index contributed by atoms with van der Waals surface area (Å²) in [5.74, 6) is 0. The number of fused-ring (bicyclic) bond motifs is 1. The van der Waals surface area contributed by atoms with Crippen LogP contribution in [-0.2, 0) is 6.54 Å². The number of hydrogen-bond acceptors (Lipinski definition) is 1. The highest BCUT2D eigenvalue weighted by atomic mass is 35.5. The molecule has 0 aliphatic rings. The summed E-state index contributed by atoms with van der Waals surface area (Å²) < 4.78 is 2.19. The van der Waals surface area contributed by atoms with E-state index in [1.165, 1.54) is 5.52 Å². The topological polar surface area (TPSA) is 30.9 Å². The first-order valence-electron chi connectivity index (χ1n) is 4.76. The molecule has 2 N–H and O–H groups in total. The number of rotatable bonds is 3.